The molecule has 0 bridgehead atoms. The minimum absolute atomic E-state index is 0.0584. The molecule has 0 saturated carbocycles. The number of hydrazine groups is 1. The third-order valence-corrected chi connectivity index (χ3v) is 3.75. The van der Waals surface area contributed by atoms with Crippen LogP contribution < -0.4 is 19.9 Å². The van der Waals surface area contributed by atoms with E-state index < -0.39 is 5.82 Å². The van der Waals surface area contributed by atoms with Crippen molar-refractivity contribution in [2.75, 3.05) is 31.3 Å². The van der Waals surface area contributed by atoms with Gasteiger partial charge in [0.05, 0.1) is 30.6 Å². The van der Waals surface area contributed by atoms with Crippen molar-refractivity contribution >= 4 is 29.2 Å². The van der Waals surface area contributed by atoms with Gasteiger partial charge in [0.15, 0.2) is 11.5 Å². The normalized spacial score (nSPS) is 12.8. The molecule has 0 aliphatic carbocycles. The lowest BCUT2D eigenvalue weighted by Crippen LogP contribution is -2.33. The largest absolute Gasteiger partial charge is 0.493 e. The van der Waals surface area contributed by atoms with Gasteiger partial charge in [-0.25, -0.2) is 4.39 Å². The molecule has 3 rings (SSSR count). The molecule has 1 aliphatic rings. The van der Waals surface area contributed by atoms with Crippen LogP contribution in [0.4, 0.5) is 15.8 Å². The molecule has 0 amide bonds. The van der Waals surface area contributed by atoms with E-state index in [0.717, 1.165) is 11.3 Å². The van der Waals surface area contributed by atoms with Crippen LogP contribution in [0.3, 0.4) is 0 Å². The fraction of sp³-hybridized carbons (Fsp3) is 0.188. The number of hydrogen-bond donors (Lipinski definition) is 1. The number of nitrogens with zero attached hydrogens (tertiary/aromatic N) is 2. The van der Waals surface area contributed by atoms with Crippen molar-refractivity contribution in [1.82, 2.24) is 0 Å². The van der Waals surface area contributed by atoms with Gasteiger partial charge < -0.3 is 9.47 Å². The second-order valence-corrected chi connectivity index (χ2v) is 5.30. The molecule has 2 aromatic carbocycles. The molecule has 0 spiro atoms. The molecule has 1 aliphatic heterocycles. The van der Waals surface area contributed by atoms with Gasteiger partial charge in [-0.15, -0.1) is 0 Å². The molecule has 0 saturated heterocycles. The Morgan fingerprint density at radius 1 is 1.17 bits per heavy atom. The van der Waals surface area contributed by atoms with Crippen molar-refractivity contribution < 1.29 is 13.9 Å². The van der Waals surface area contributed by atoms with E-state index >= 15 is 0 Å². The number of methoxy groups -OCH3 is 2. The van der Waals surface area contributed by atoms with Gasteiger partial charge in [0.2, 0.25) is 0 Å². The number of fused-ring (bicyclic) bond motifs is 1. The smallest absolute Gasteiger partial charge is 0.162 e. The summed E-state index contributed by atoms with van der Waals surface area (Å²) < 4.78 is 23.9. The van der Waals surface area contributed by atoms with E-state index in [1.54, 1.807) is 26.5 Å². The summed E-state index contributed by atoms with van der Waals surface area (Å²) in [6.45, 7) is 0.400. The summed E-state index contributed by atoms with van der Waals surface area (Å²) in [4.78, 5) is 4.30. The number of halogens is 2. The van der Waals surface area contributed by atoms with Crippen LogP contribution in [-0.4, -0.2) is 27.1 Å². The Kier molecular flexibility index (Phi) is 4.25. The second kappa shape index (κ2) is 6.34. The summed E-state index contributed by atoms with van der Waals surface area (Å²) in [5.74, 6) is 0.788. The number of anilines is 2. The SMILES string of the molecule is COc1cc2c(cc1OC)N(Nc1ccc(F)c(Cl)c1)CN=C2. The molecule has 0 fully saturated rings. The van der Waals surface area contributed by atoms with Gasteiger partial charge in [-0.3, -0.25) is 15.4 Å². The second-order valence-electron chi connectivity index (χ2n) is 4.89. The lowest BCUT2D eigenvalue weighted by atomic mass is 10.1. The molecule has 1 N–H and O–H groups in total. The van der Waals surface area contributed by atoms with Crippen molar-refractivity contribution in [2.45, 2.75) is 0 Å². The van der Waals surface area contributed by atoms with Gasteiger partial charge >= 0.3 is 0 Å². The average Bonchev–Trinajstić information content (AvgIpc) is 2.57. The molecule has 2 aromatic rings. The third-order valence-electron chi connectivity index (χ3n) is 3.46. The Hall–Kier alpha value is -2.47. The zero-order chi connectivity index (χ0) is 16.4. The number of hydrogen-bond acceptors (Lipinski definition) is 5. The minimum Gasteiger partial charge on any atom is -0.493 e. The van der Waals surface area contributed by atoms with Crippen LogP contribution >= 0.6 is 11.6 Å². The zero-order valence-corrected chi connectivity index (χ0v) is 13.4. The lowest BCUT2D eigenvalue weighted by Gasteiger charge is -2.29. The fourth-order valence-corrected chi connectivity index (χ4v) is 2.52. The summed E-state index contributed by atoms with van der Waals surface area (Å²) in [7, 11) is 3.17. The molecule has 0 aromatic heterocycles. The molecule has 0 unspecified atom stereocenters. The molecule has 0 atom stereocenters. The molecule has 23 heavy (non-hydrogen) atoms. The fourth-order valence-electron chi connectivity index (χ4n) is 2.34. The Bertz CT molecular complexity index is 767. The van der Waals surface area contributed by atoms with Crippen LogP contribution in [0.15, 0.2) is 35.3 Å². The van der Waals surface area contributed by atoms with Crippen LogP contribution in [-0.2, 0) is 0 Å². The summed E-state index contributed by atoms with van der Waals surface area (Å²) >= 11 is 5.82. The van der Waals surface area contributed by atoms with E-state index in [9.17, 15) is 4.39 Å². The molecule has 5 nitrogen and oxygen atoms in total. The number of nitrogens with one attached hydrogen (secondary N) is 1. The highest BCUT2D eigenvalue weighted by molar-refractivity contribution is 6.31. The maximum Gasteiger partial charge on any atom is 0.162 e. The van der Waals surface area contributed by atoms with E-state index in [0.29, 0.717) is 23.9 Å². The number of benzene rings is 2. The van der Waals surface area contributed by atoms with E-state index in [2.05, 4.69) is 10.4 Å². The van der Waals surface area contributed by atoms with Gasteiger partial charge in [-0.2, -0.15) is 0 Å². The van der Waals surface area contributed by atoms with Crippen molar-refractivity contribution in [1.29, 1.82) is 0 Å². The third kappa shape index (κ3) is 3.03. The summed E-state index contributed by atoms with van der Waals surface area (Å²) in [5.41, 5.74) is 5.58. The Balaban J connectivity index is 1.94. The van der Waals surface area contributed by atoms with Gasteiger partial charge in [-0.1, -0.05) is 11.6 Å². The standard InChI is InChI=1S/C16H15ClFN3O2/c1-22-15-5-10-8-19-9-21(14(10)7-16(15)23-2)20-11-3-4-13(18)12(17)6-11/h3-8,20H,9H2,1-2H3. The molecule has 0 radical (unpaired) electrons. The summed E-state index contributed by atoms with van der Waals surface area (Å²) in [6.07, 6.45) is 1.77. The lowest BCUT2D eigenvalue weighted by molar-refractivity contribution is 0.355. The van der Waals surface area contributed by atoms with Crippen molar-refractivity contribution in [3.63, 3.8) is 0 Å². The maximum atomic E-state index is 13.3. The van der Waals surface area contributed by atoms with Crippen molar-refractivity contribution in [3.8, 4) is 11.5 Å². The van der Waals surface area contributed by atoms with E-state index in [-0.39, 0.29) is 5.02 Å². The predicted molar refractivity (Wildman–Crippen MR) is 89.5 cm³/mol. The van der Waals surface area contributed by atoms with Crippen LogP contribution in [0.25, 0.3) is 0 Å². The molecular weight excluding hydrogens is 321 g/mol. The van der Waals surface area contributed by atoms with Crippen LogP contribution in [0.1, 0.15) is 5.56 Å². The van der Waals surface area contributed by atoms with Crippen LogP contribution in [0.2, 0.25) is 5.02 Å². The van der Waals surface area contributed by atoms with E-state index in [1.165, 1.54) is 12.1 Å². The quantitative estimate of drug-likeness (QED) is 0.925. The summed E-state index contributed by atoms with van der Waals surface area (Å²) in [5, 5.41) is 1.88. The van der Waals surface area contributed by atoms with Gasteiger partial charge in [0, 0.05) is 17.8 Å². The monoisotopic (exact) mass is 335 g/mol. The Labute approximate surface area is 138 Å². The van der Waals surface area contributed by atoms with Crippen molar-refractivity contribution in [3.05, 3.63) is 46.7 Å². The maximum absolute atomic E-state index is 13.3. The van der Waals surface area contributed by atoms with Crippen LogP contribution in [0.5, 0.6) is 11.5 Å². The predicted octanol–water partition coefficient (Wildman–Crippen LogP) is 3.72. The number of rotatable bonds is 4. The van der Waals surface area contributed by atoms with Gasteiger partial charge in [0.25, 0.3) is 0 Å². The highest BCUT2D eigenvalue weighted by atomic mass is 35.5. The first-order valence-electron chi connectivity index (χ1n) is 6.87. The minimum atomic E-state index is -0.458. The zero-order valence-electron chi connectivity index (χ0n) is 12.6. The molecule has 7 heteroatoms. The van der Waals surface area contributed by atoms with Gasteiger partial charge in [-0.05, 0) is 24.3 Å². The van der Waals surface area contributed by atoms with Crippen LogP contribution in [0, 0.1) is 5.82 Å². The first kappa shape index (κ1) is 15.4. The Morgan fingerprint density at radius 3 is 2.61 bits per heavy atom. The molecular formula is C16H15ClFN3O2. The first-order chi connectivity index (χ1) is 11.1. The van der Waals surface area contributed by atoms with E-state index in [4.69, 9.17) is 21.1 Å². The molecule has 120 valence electrons. The average molecular weight is 336 g/mol. The van der Waals surface area contributed by atoms with Crippen molar-refractivity contribution in [2.24, 2.45) is 4.99 Å². The first-order valence-corrected chi connectivity index (χ1v) is 7.25. The molecule has 1 heterocycles. The topological polar surface area (TPSA) is 46.1 Å². The number of aliphatic imine (C=N–C) groups is 1. The Morgan fingerprint density at radius 2 is 1.91 bits per heavy atom. The highest BCUT2D eigenvalue weighted by Crippen LogP contribution is 2.36. The number of ether oxygens (including phenoxy) is 2. The highest BCUT2D eigenvalue weighted by Gasteiger charge is 2.18. The summed E-state index contributed by atoms with van der Waals surface area (Å²) in [6, 6.07) is 8.16. The van der Waals surface area contributed by atoms with E-state index in [1.807, 2.05) is 17.1 Å². The van der Waals surface area contributed by atoms with Gasteiger partial charge in [0.1, 0.15) is 12.5 Å².